The van der Waals surface area contributed by atoms with Crippen LogP contribution in [0.15, 0.2) is 36.2 Å². The first-order valence-corrected chi connectivity index (χ1v) is 8.12. The Morgan fingerprint density at radius 3 is 2.52 bits per heavy atom. The summed E-state index contributed by atoms with van der Waals surface area (Å²) in [5.41, 5.74) is 0.424. The lowest BCUT2D eigenvalue weighted by atomic mass is 10.2. The van der Waals surface area contributed by atoms with E-state index in [1.165, 1.54) is 4.68 Å². The molecule has 0 saturated heterocycles. The number of rotatable bonds is 3. The second kappa shape index (κ2) is 5.50. The Bertz CT molecular complexity index is 821. The van der Waals surface area contributed by atoms with Crippen molar-refractivity contribution in [3.63, 3.8) is 0 Å². The van der Waals surface area contributed by atoms with Gasteiger partial charge in [-0.3, -0.25) is 0 Å². The topological polar surface area (TPSA) is 43.2 Å². The van der Waals surface area contributed by atoms with E-state index in [0.29, 0.717) is 11.5 Å². The van der Waals surface area contributed by atoms with Crippen molar-refractivity contribution in [2.75, 3.05) is 5.06 Å². The highest BCUT2D eigenvalue weighted by Crippen LogP contribution is 2.42. The molecule has 3 heterocycles. The molecule has 2 aromatic heterocycles. The lowest BCUT2D eigenvalue weighted by Gasteiger charge is -2.22. The number of halogens is 3. The molecule has 1 unspecified atom stereocenters. The molecule has 132 valence electrons. The van der Waals surface area contributed by atoms with E-state index in [1.54, 1.807) is 23.4 Å². The summed E-state index contributed by atoms with van der Waals surface area (Å²) in [5.74, 6) is 1.30. The number of allylic oxidation sites excluding steroid dienone is 1. The number of alkyl halides is 3. The Morgan fingerprint density at radius 2 is 2.00 bits per heavy atom. The van der Waals surface area contributed by atoms with Gasteiger partial charge in [-0.05, 0) is 51.0 Å². The van der Waals surface area contributed by atoms with Gasteiger partial charge in [-0.2, -0.15) is 18.3 Å². The highest BCUT2D eigenvalue weighted by Gasteiger charge is 2.38. The summed E-state index contributed by atoms with van der Waals surface area (Å²) in [5, 5.41) is 5.45. The number of nitrogens with zero attached hydrogens (tertiary/aromatic N) is 4. The molecule has 5 nitrogen and oxygen atoms in total. The zero-order chi connectivity index (χ0) is 17.8. The van der Waals surface area contributed by atoms with Gasteiger partial charge < -0.3 is 4.84 Å². The summed E-state index contributed by atoms with van der Waals surface area (Å²) in [6, 6.07) is 4.64. The molecule has 0 radical (unpaired) electrons. The van der Waals surface area contributed by atoms with Crippen LogP contribution in [0.5, 0.6) is 0 Å². The zero-order valence-electron chi connectivity index (χ0n) is 13.8. The fraction of sp³-hybridized carbons (Fsp3) is 0.412. The minimum Gasteiger partial charge on any atom is -0.384 e. The number of hydrogen-bond acceptors (Lipinski definition) is 4. The number of aromatic nitrogens is 3. The molecular weight excluding hydrogens is 333 g/mol. The van der Waals surface area contributed by atoms with Crippen molar-refractivity contribution in [2.24, 2.45) is 0 Å². The standard InChI is InChI=1S/C17H17F3N4O/c1-10-7-11(2)25-24(10)13-5-6-16(21-9-13)23-14(12-3-4-12)8-15(22-23)17(18,19)20/h5-10,12H,3-4H2,1-2H3. The molecule has 1 atom stereocenters. The van der Waals surface area contributed by atoms with Crippen LogP contribution in [-0.2, 0) is 11.0 Å². The number of hydroxylamine groups is 1. The summed E-state index contributed by atoms with van der Waals surface area (Å²) < 4.78 is 40.3. The molecule has 2 aromatic rings. The quantitative estimate of drug-likeness (QED) is 0.832. The van der Waals surface area contributed by atoms with Gasteiger partial charge in [-0.15, -0.1) is 0 Å². The van der Waals surface area contributed by atoms with Gasteiger partial charge >= 0.3 is 6.18 Å². The number of hydrogen-bond donors (Lipinski definition) is 0. The predicted octanol–water partition coefficient (Wildman–Crippen LogP) is 4.21. The third-order valence-electron chi connectivity index (χ3n) is 4.31. The Hall–Kier alpha value is -2.51. The molecule has 25 heavy (non-hydrogen) atoms. The van der Waals surface area contributed by atoms with Crippen LogP contribution in [0.25, 0.3) is 5.82 Å². The first kappa shape index (κ1) is 16.0. The van der Waals surface area contributed by atoms with Crippen molar-refractivity contribution in [2.45, 2.75) is 44.8 Å². The van der Waals surface area contributed by atoms with E-state index in [9.17, 15) is 13.2 Å². The summed E-state index contributed by atoms with van der Waals surface area (Å²) in [7, 11) is 0. The average molecular weight is 350 g/mol. The van der Waals surface area contributed by atoms with E-state index in [-0.39, 0.29) is 12.0 Å². The molecule has 0 bridgehead atoms. The molecule has 0 amide bonds. The van der Waals surface area contributed by atoms with Gasteiger partial charge in [0.05, 0.1) is 17.9 Å². The molecule has 8 heteroatoms. The van der Waals surface area contributed by atoms with Gasteiger partial charge in [0.25, 0.3) is 0 Å². The van der Waals surface area contributed by atoms with E-state index in [0.717, 1.165) is 30.4 Å². The SMILES string of the molecule is CC1=CC(C)N(c2ccc(-n3nc(C(F)(F)F)cc3C3CC3)nc2)O1. The zero-order valence-corrected chi connectivity index (χ0v) is 13.8. The van der Waals surface area contributed by atoms with Crippen molar-refractivity contribution in [1.82, 2.24) is 14.8 Å². The van der Waals surface area contributed by atoms with E-state index in [1.807, 2.05) is 19.9 Å². The summed E-state index contributed by atoms with van der Waals surface area (Å²) in [4.78, 5) is 9.92. The van der Waals surface area contributed by atoms with Crippen LogP contribution in [0, 0.1) is 0 Å². The van der Waals surface area contributed by atoms with Crippen LogP contribution in [0.4, 0.5) is 18.9 Å². The summed E-state index contributed by atoms with van der Waals surface area (Å²) in [6.45, 7) is 3.85. The first-order valence-electron chi connectivity index (χ1n) is 8.12. The van der Waals surface area contributed by atoms with E-state index in [4.69, 9.17) is 4.84 Å². The second-order valence-corrected chi connectivity index (χ2v) is 6.45. The van der Waals surface area contributed by atoms with Crippen LogP contribution in [0.1, 0.15) is 44.0 Å². The van der Waals surface area contributed by atoms with Gasteiger partial charge in [-0.25, -0.2) is 14.7 Å². The van der Waals surface area contributed by atoms with Crippen molar-refractivity contribution in [3.8, 4) is 5.82 Å². The molecule has 4 rings (SSSR count). The second-order valence-electron chi connectivity index (χ2n) is 6.45. The Balaban J connectivity index is 1.65. The minimum absolute atomic E-state index is 0.0659. The summed E-state index contributed by atoms with van der Waals surface area (Å²) in [6.07, 6.45) is 0.860. The van der Waals surface area contributed by atoms with Crippen molar-refractivity contribution in [1.29, 1.82) is 0 Å². The number of pyridine rings is 1. The average Bonchev–Trinajstić information content (AvgIpc) is 3.19. The number of anilines is 1. The molecule has 0 spiro atoms. The van der Waals surface area contributed by atoms with Gasteiger partial charge in [0.2, 0.25) is 0 Å². The van der Waals surface area contributed by atoms with Crippen molar-refractivity contribution < 1.29 is 18.0 Å². The molecule has 1 aliphatic carbocycles. The molecule has 1 fully saturated rings. The molecule has 2 aliphatic rings. The van der Waals surface area contributed by atoms with Gasteiger partial charge in [0.15, 0.2) is 11.5 Å². The van der Waals surface area contributed by atoms with Crippen LogP contribution < -0.4 is 5.06 Å². The lowest BCUT2D eigenvalue weighted by molar-refractivity contribution is -0.141. The fourth-order valence-electron chi connectivity index (χ4n) is 2.99. The van der Waals surface area contributed by atoms with Crippen LogP contribution in [-0.4, -0.2) is 20.8 Å². The van der Waals surface area contributed by atoms with Crippen molar-refractivity contribution in [3.05, 3.63) is 47.6 Å². The van der Waals surface area contributed by atoms with Crippen molar-refractivity contribution >= 4 is 5.69 Å². The first-order chi connectivity index (χ1) is 11.8. The third-order valence-corrected chi connectivity index (χ3v) is 4.31. The Labute approximate surface area is 142 Å². The monoisotopic (exact) mass is 350 g/mol. The Kier molecular flexibility index (Phi) is 3.52. The third kappa shape index (κ3) is 2.96. The minimum atomic E-state index is -4.46. The lowest BCUT2D eigenvalue weighted by Crippen LogP contribution is -2.25. The van der Waals surface area contributed by atoms with Crippen LogP contribution >= 0.6 is 0 Å². The largest absolute Gasteiger partial charge is 0.435 e. The summed E-state index contributed by atoms with van der Waals surface area (Å²) >= 11 is 0. The highest BCUT2D eigenvalue weighted by atomic mass is 19.4. The highest BCUT2D eigenvalue weighted by molar-refractivity contribution is 5.48. The van der Waals surface area contributed by atoms with Gasteiger partial charge in [0.1, 0.15) is 5.76 Å². The normalized spacial score (nSPS) is 20.6. The maximum absolute atomic E-state index is 13.0. The molecule has 1 saturated carbocycles. The maximum atomic E-state index is 13.0. The van der Waals surface area contributed by atoms with E-state index >= 15 is 0 Å². The van der Waals surface area contributed by atoms with E-state index in [2.05, 4.69) is 10.1 Å². The molecule has 1 aliphatic heterocycles. The Morgan fingerprint density at radius 1 is 1.24 bits per heavy atom. The maximum Gasteiger partial charge on any atom is 0.435 e. The van der Waals surface area contributed by atoms with Gasteiger partial charge in [-0.1, -0.05) is 0 Å². The van der Waals surface area contributed by atoms with Crippen LogP contribution in [0.2, 0.25) is 0 Å². The fourth-order valence-corrected chi connectivity index (χ4v) is 2.99. The predicted molar refractivity (Wildman–Crippen MR) is 85.1 cm³/mol. The smallest absolute Gasteiger partial charge is 0.384 e. The van der Waals surface area contributed by atoms with Gasteiger partial charge in [0, 0.05) is 11.6 Å². The molecule has 0 N–H and O–H groups in total. The van der Waals surface area contributed by atoms with E-state index < -0.39 is 11.9 Å². The van der Waals surface area contributed by atoms with Crippen LogP contribution in [0.3, 0.4) is 0 Å². The molecule has 0 aromatic carbocycles. The molecular formula is C17H17F3N4O.